The molecule has 0 amide bonds. The molecule has 116 valence electrons. The highest BCUT2D eigenvalue weighted by Crippen LogP contribution is 2.46. The summed E-state index contributed by atoms with van der Waals surface area (Å²) in [6.45, 7) is 5.21. The molecular weight excluding hydrogens is 260 g/mol. The Balaban J connectivity index is 1.68. The average molecular weight is 288 g/mol. The fourth-order valence-electron chi connectivity index (χ4n) is 3.96. The third-order valence-electron chi connectivity index (χ3n) is 5.24. The zero-order valence-corrected chi connectivity index (χ0v) is 13.2. The van der Waals surface area contributed by atoms with Crippen molar-refractivity contribution in [3.8, 4) is 5.75 Å². The van der Waals surface area contributed by atoms with Gasteiger partial charge in [0.1, 0.15) is 5.75 Å². The van der Waals surface area contributed by atoms with E-state index in [4.69, 9.17) is 10.5 Å². The quantitative estimate of drug-likeness (QED) is 0.843. The smallest absolute Gasteiger partial charge is 0.123 e. The number of piperidine rings is 1. The minimum Gasteiger partial charge on any atom is -0.493 e. The first-order chi connectivity index (χ1) is 10.2. The molecule has 0 bridgehead atoms. The molecule has 0 aromatic heterocycles. The summed E-state index contributed by atoms with van der Waals surface area (Å²) in [5.74, 6) is 0.910. The molecule has 21 heavy (non-hydrogen) atoms. The maximum Gasteiger partial charge on any atom is 0.123 e. The second-order valence-electron chi connectivity index (χ2n) is 6.80. The maximum atomic E-state index is 6.05. The third kappa shape index (κ3) is 3.28. The zero-order chi connectivity index (χ0) is 14.7. The van der Waals surface area contributed by atoms with Gasteiger partial charge in [0, 0.05) is 36.6 Å². The van der Waals surface area contributed by atoms with E-state index < -0.39 is 0 Å². The predicted octanol–water partition coefficient (Wildman–Crippen LogP) is 4.22. The van der Waals surface area contributed by atoms with Gasteiger partial charge in [-0.2, -0.15) is 0 Å². The van der Waals surface area contributed by atoms with Crippen LogP contribution in [0.25, 0.3) is 0 Å². The number of anilines is 2. The van der Waals surface area contributed by atoms with Gasteiger partial charge in [-0.1, -0.05) is 19.8 Å². The van der Waals surface area contributed by atoms with Gasteiger partial charge in [0.25, 0.3) is 0 Å². The van der Waals surface area contributed by atoms with Crippen molar-refractivity contribution in [2.75, 3.05) is 30.3 Å². The fraction of sp³-hybridized carbons (Fsp3) is 0.667. The van der Waals surface area contributed by atoms with E-state index in [9.17, 15) is 0 Å². The summed E-state index contributed by atoms with van der Waals surface area (Å²) in [7, 11) is 0. The van der Waals surface area contributed by atoms with Crippen molar-refractivity contribution in [2.24, 2.45) is 5.41 Å². The molecule has 0 unspecified atom stereocenters. The van der Waals surface area contributed by atoms with Gasteiger partial charge in [0.05, 0.1) is 6.61 Å². The molecule has 1 saturated carbocycles. The molecule has 1 spiro atoms. The van der Waals surface area contributed by atoms with Crippen LogP contribution in [-0.2, 0) is 0 Å². The van der Waals surface area contributed by atoms with E-state index in [-0.39, 0.29) is 0 Å². The van der Waals surface area contributed by atoms with Gasteiger partial charge in [-0.25, -0.2) is 0 Å². The van der Waals surface area contributed by atoms with Crippen molar-refractivity contribution in [3.63, 3.8) is 0 Å². The molecule has 3 nitrogen and oxygen atoms in total. The van der Waals surface area contributed by atoms with Crippen LogP contribution in [0.2, 0.25) is 0 Å². The molecule has 2 aliphatic rings. The van der Waals surface area contributed by atoms with E-state index in [1.165, 1.54) is 44.2 Å². The second kappa shape index (κ2) is 6.17. The van der Waals surface area contributed by atoms with Crippen LogP contribution in [0.1, 0.15) is 51.9 Å². The number of hydrogen-bond acceptors (Lipinski definition) is 3. The molecule has 1 saturated heterocycles. The van der Waals surface area contributed by atoms with Crippen molar-refractivity contribution in [2.45, 2.75) is 51.9 Å². The van der Waals surface area contributed by atoms with Crippen molar-refractivity contribution in [1.29, 1.82) is 0 Å². The standard InChI is InChI=1S/C18H28N2O/c1-2-11-21-17-13-15(19)12-16(14-17)20-9-7-18(8-10-20)5-3-4-6-18/h12-14H,2-11,19H2,1H3. The molecule has 1 aromatic carbocycles. The molecule has 2 fully saturated rings. The Morgan fingerprint density at radius 2 is 1.81 bits per heavy atom. The van der Waals surface area contributed by atoms with E-state index in [1.807, 2.05) is 6.07 Å². The van der Waals surface area contributed by atoms with Gasteiger partial charge < -0.3 is 15.4 Å². The number of ether oxygens (including phenoxy) is 1. The largest absolute Gasteiger partial charge is 0.493 e. The molecule has 1 heterocycles. The summed E-state index contributed by atoms with van der Waals surface area (Å²) in [4.78, 5) is 2.48. The first-order valence-electron chi connectivity index (χ1n) is 8.49. The van der Waals surface area contributed by atoms with Crippen molar-refractivity contribution >= 4 is 11.4 Å². The summed E-state index contributed by atoms with van der Waals surface area (Å²) >= 11 is 0. The van der Waals surface area contributed by atoms with Crippen LogP contribution in [-0.4, -0.2) is 19.7 Å². The Labute approximate surface area is 128 Å². The van der Waals surface area contributed by atoms with Gasteiger partial charge in [-0.3, -0.25) is 0 Å². The summed E-state index contributed by atoms with van der Waals surface area (Å²) < 4.78 is 5.75. The molecule has 3 heteroatoms. The lowest BCUT2D eigenvalue weighted by atomic mass is 9.77. The number of nitrogens with zero attached hydrogens (tertiary/aromatic N) is 1. The lowest BCUT2D eigenvalue weighted by Gasteiger charge is -2.40. The predicted molar refractivity (Wildman–Crippen MR) is 89.0 cm³/mol. The van der Waals surface area contributed by atoms with Gasteiger partial charge >= 0.3 is 0 Å². The normalized spacial score (nSPS) is 20.9. The highest BCUT2D eigenvalue weighted by atomic mass is 16.5. The zero-order valence-electron chi connectivity index (χ0n) is 13.2. The third-order valence-corrected chi connectivity index (χ3v) is 5.24. The van der Waals surface area contributed by atoms with E-state index in [1.54, 1.807) is 0 Å². The van der Waals surface area contributed by atoms with Crippen LogP contribution in [0.4, 0.5) is 11.4 Å². The Kier molecular flexibility index (Phi) is 4.27. The Bertz CT molecular complexity index is 470. The second-order valence-corrected chi connectivity index (χ2v) is 6.80. The Morgan fingerprint density at radius 3 is 2.48 bits per heavy atom. The van der Waals surface area contributed by atoms with Crippen molar-refractivity contribution in [3.05, 3.63) is 18.2 Å². The van der Waals surface area contributed by atoms with Crippen LogP contribution < -0.4 is 15.4 Å². The lowest BCUT2D eigenvalue weighted by molar-refractivity contribution is 0.226. The first kappa shape index (κ1) is 14.6. The molecule has 0 atom stereocenters. The summed E-state index contributed by atoms with van der Waals surface area (Å²) in [5, 5.41) is 0. The van der Waals surface area contributed by atoms with E-state index in [2.05, 4.69) is 24.0 Å². The van der Waals surface area contributed by atoms with Gasteiger partial charge in [0.15, 0.2) is 0 Å². The minimum absolute atomic E-state index is 0.665. The van der Waals surface area contributed by atoms with Gasteiger partial charge in [-0.05, 0) is 43.6 Å². The Morgan fingerprint density at radius 1 is 1.10 bits per heavy atom. The van der Waals surface area contributed by atoms with E-state index in [0.29, 0.717) is 5.41 Å². The van der Waals surface area contributed by atoms with Gasteiger partial charge in [-0.15, -0.1) is 0 Å². The highest BCUT2D eigenvalue weighted by Gasteiger charge is 2.36. The molecular formula is C18H28N2O. The average Bonchev–Trinajstić information content (AvgIpc) is 2.93. The van der Waals surface area contributed by atoms with Crippen molar-refractivity contribution < 1.29 is 4.74 Å². The molecule has 1 aliphatic carbocycles. The summed E-state index contributed by atoms with van der Waals surface area (Å²) in [6, 6.07) is 6.17. The van der Waals surface area contributed by atoms with Crippen LogP contribution in [0.3, 0.4) is 0 Å². The minimum atomic E-state index is 0.665. The molecule has 1 aliphatic heterocycles. The highest BCUT2D eigenvalue weighted by molar-refractivity contribution is 5.60. The first-order valence-corrected chi connectivity index (χ1v) is 8.49. The SMILES string of the molecule is CCCOc1cc(N)cc(N2CCC3(CCCC3)CC2)c1. The number of nitrogens with two attached hydrogens (primary N) is 1. The van der Waals surface area contributed by atoms with E-state index in [0.717, 1.165) is 37.6 Å². The molecule has 0 radical (unpaired) electrons. The summed E-state index contributed by atoms with van der Waals surface area (Å²) in [6.07, 6.45) is 9.47. The van der Waals surface area contributed by atoms with Crippen LogP contribution in [0.5, 0.6) is 5.75 Å². The number of nitrogen functional groups attached to an aromatic ring is 1. The van der Waals surface area contributed by atoms with Crippen LogP contribution >= 0.6 is 0 Å². The number of hydrogen-bond donors (Lipinski definition) is 1. The molecule has 3 rings (SSSR count). The Hall–Kier alpha value is -1.38. The molecule has 2 N–H and O–H groups in total. The van der Waals surface area contributed by atoms with Crippen LogP contribution in [0.15, 0.2) is 18.2 Å². The topological polar surface area (TPSA) is 38.5 Å². The monoisotopic (exact) mass is 288 g/mol. The van der Waals surface area contributed by atoms with Crippen LogP contribution in [0, 0.1) is 5.41 Å². The number of rotatable bonds is 4. The lowest BCUT2D eigenvalue weighted by Crippen LogP contribution is -2.38. The number of benzene rings is 1. The van der Waals surface area contributed by atoms with Crippen molar-refractivity contribution in [1.82, 2.24) is 0 Å². The fourth-order valence-corrected chi connectivity index (χ4v) is 3.96. The summed E-state index contributed by atoms with van der Waals surface area (Å²) in [5.41, 5.74) is 8.75. The maximum absolute atomic E-state index is 6.05. The molecule has 1 aromatic rings. The van der Waals surface area contributed by atoms with Gasteiger partial charge in [0.2, 0.25) is 0 Å². The van der Waals surface area contributed by atoms with E-state index >= 15 is 0 Å².